The van der Waals surface area contributed by atoms with E-state index in [0.717, 1.165) is 33.7 Å². The summed E-state index contributed by atoms with van der Waals surface area (Å²) in [7, 11) is 1.91. The highest BCUT2D eigenvalue weighted by atomic mass is 35.5. The minimum absolute atomic E-state index is 0.170. The van der Waals surface area contributed by atoms with Crippen LogP contribution in [-0.2, 0) is 11.8 Å². The molecule has 0 radical (unpaired) electrons. The molecule has 0 saturated carbocycles. The second kappa shape index (κ2) is 12.4. The van der Waals surface area contributed by atoms with Gasteiger partial charge in [0.1, 0.15) is 0 Å². The van der Waals surface area contributed by atoms with Crippen molar-refractivity contribution >= 4 is 35.4 Å². The van der Waals surface area contributed by atoms with Crippen molar-refractivity contribution in [2.45, 2.75) is 58.3 Å². The number of urea groups is 1. The number of aromatic nitrogens is 3. The van der Waals surface area contributed by atoms with Crippen LogP contribution in [0.1, 0.15) is 74.8 Å². The molecule has 1 aliphatic carbocycles. The predicted octanol–water partition coefficient (Wildman–Crippen LogP) is 5.41. The van der Waals surface area contributed by atoms with E-state index in [1.807, 2.05) is 70.6 Å². The van der Waals surface area contributed by atoms with Crippen LogP contribution >= 0.6 is 11.6 Å². The van der Waals surface area contributed by atoms with Crippen LogP contribution in [0.15, 0.2) is 49.1 Å². The molecular formula is C32H40ClN7O3. The molecule has 5 rings (SSSR count). The Balaban J connectivity index is 1.59. The largest absolute Gasteiger partial charge is 0.447 e. The Labute approximate surface area is 258 Å². The van der Waals surface area contributed by atoms with Crippen molar-refractivity contribution in [1.82, 2.24) is 35.0 Å². The lowest BCUT2D eigenvalue weighted by Gasteiger charge is -2.39. The van der Waals surface area contributed by atoms with Crippen molar-refractivity contribution in [2.75, 3.05) is 26.2 Å². The molecule has 2 aromatic heterocycles. The molecule has 3 aromatic rings. The summed E-state index contributed by atoms with van der Waals surface area (Å²) in [6, 6.07) is 8.85. The summed E-state index contributed by atoms with van der Waals surface area (Å²) in [4.78, 5) is 39.3. The van der Waals surface area contributed by atoms with E-state index in [-0.39, 0.29) is 24.3 Å². The Kier molecular flexibility index (Phi) is 8.80. The Hall–Kier alpha value is -3.89. The summed E-state index contributed by atoms with van der Waals surface area (Å²) in [5.41, 5.74) is 5.06. The normalized spacial score (nSPS) is 17.8. The van der Waals surface area contributed by atoms with Crippen LogP contribution in [0, 0.1) is 0 Å². The maximum atomic E-state index is 13.3. The van der Waals surface area contributed by atoms with E-state index < -0.39 is 11.6 Å². The number of fused-ring (bicyclic) bond motifs is 2. The lowest BCUT2D eigenvalue weighted by Crippen LogP contribution is -2.50. The van der Waals surface area contributed by atoms with Crippen molar-refractivity contribution in [3.05, 3.63) is 82.2 Å². The molecule has 3 amide bonds. The highest BCUT2D eigenvalue weighted by Gasteiger charge is 2.36. The number of nitrogens with zero attached hydrogens (tertiary/aromatic N) is 5. The van der Waals surface area contributed by atoms with E-state index >= 15 is 0 Å². The van der Waals surface area contributed by atoms with Gasteiger partial charge in [0.25, 0.3) is 0 Å². The van der Waals surface area contributed by atoms with Gasteiger partial charge in [0.15, 0.2) is 0 Å². The van der Waals surface area contributed by atoms with E-state index in [9.17, 15) is 9.59 Å². The first-order chi connectivity index (χ1) is 20.4. The third-order valence-corrected chi connectivity index (χ3v) is 7.80. The molecule has 43 heavy (non-hydrogen) atoms. The zero-order valence-electron chi connectivity index (χ0n) is 25.6. The molecule has 1 unspecified atom stereocenters. The number of aryl methyl sites for hydroxylation is 1. The lowest BCUT2D eigenvalue weighted by molar-refractivity contribution is 0.0513. The SMILES string of the molecule is CC(C)OC(=O)N1CCN([C@H]2c3ccc(Cl)cc3C(C(NC(=O)NC(C)(C)C)c3cncn3C)=Cc3cccnc32)CC1. The van der Waals surface area contributed by atoms with Crippen LogP contribution in [0.2, 0.25) is 5.02 Å². The Morgan fingerprint density at radius 1 is 1.12 bits per heavy atom. The van der Waals surface area contributed by atoms with Gasteiger partial charge in [-0.25, -0.2) is 14.6 Å². The Bertz CT molecular complexity index is 1520. The van der Waals surface area contributed by atoms with Gasteiger partial charge in [-0.2, -0.15) is 0 Å². The fourth-order valence-electron chi connectivity index (χ4n) is 5.70. The van der Waals surface area contributed by atoms with Gasteiger partial charge in [0.2, 0.25) is 0 Å². The summed E-state index contributed by atoms with van der Waals surface area (Å²) in [5, 5.41) is 6.84. The zero-order chi connectivity index (χ0) is 30.9. The number of piperazine rings is 1. The minimum Gasteiger partial charge on any atom is -0.447 e. The molecule has 228 valence electrons. The van der Waals surface area contributed by atoms with Gasteiger partial charge in [0.05, 0.1) is 42.1 Å². The molecule has 3 heterocycles. The van der Waals surface area contributed by atoms with Gasteiger partial charge in [-0.1, -0.05) is 23.7 Å². The van der Waals surface area contributed by atoms with E-state index in [2.05, 4.69) is 38.7 Å². The molecule has 2 atom stereocenters. The number of rotatable bonds is 5. The zero-order valence-corrected chi connectivity index (χ0v) is 26.4. The van der Waals surface area contributed by atoms with Gasteiger partial charge in [-0.15, -0.1) is 0 Å². The van der Waals surface area contributed by atoms with Crippen molar-refractivity contribution in [3.63, 3.8) is 0 Å². The third kappa shape index (κ3) is 6.86. The number of hydrogen-bond donors (Lipinski definition) is 2. The second-order valence-electron chi connectivity index (χ2n) is 12.4. The van der Waals surface area contributed by atoms with E-state index in [1.54, 1.807) is 17.4 Å². The molecule has 1 aromatic carbocycles. The first-order valence-corrected chi connectivity index (χ1v) is 15.0. The fourth-order valence-corrected chi connectivity index (χ4v) is 5.87. The number of imidazole rings is 1. The van der Waals surface area contributed by atoms with Crippen LogP contribution in [0.4, 0.5) is 9.59 Å². The highest BCUT2D eigenvalue weighted by Crippen LogP contribution is 2.44. The number of halogens is 1. The molecule has 1 saturated heterocycles. The van der Waals surface area contributed by atoms with Crippen molar-refractivity contribution in [1.29, 1.82) is 0 Å². The number of hydrogen-bond acceptors (Lipinski definition) is 6. The monoisotopic (exact) mass is 605 g/mol. The molecular weight excluding hydrogens is 566 g/mol. The summed E-state index contributed by atoms with van der Waals surface area (Å²) >= 11 is 6.66. The van der Waals surface area contributed by atoms with E-state index in [1.165, 1.54) is 0 Å². The summed E-state index contributed by atoms with van der Waals surface area (Å²) < 4.78 is 7.36. The maximum Gasteiger partial charge on any atom is 0.410 e. The average molecular weight is 606 g/mol. The number of ether oxygens (including phenoxy) is 1. The number of benzene rings is 1. The lowest BCUT2D eigenvalue weighted by atomic mass is 9.90. The van der Waals surface area contributed by atoms with Gasteiger partial charge in [-0.3, -0.25) is 9.88 Å². The van der Waals surface area contributed by atoms with Crippen molar-refractivity contribution in [3.8, 4) is 0 Å². The quantitative estimate of drug-likeness (QED) is 0.403. The number of carbonyl (C=O) groups excluding carboxylic acids is 2. The van der Waals surface area contributed by atoms with Gasteiger partial charge in [-0.05, 0) is 81.2 Å². The van der Waals surface area contributed by atoms with Crippen molar-refractivity contribution in [2.24, 2.45) is 7.05 Å². The number of pyridine rings is 1. The van der Waals surface area contributed by atoms with Crippen molar-refractivity contribution < 1.29 is 14.3 Å². The standard InChI is InChI=1S/C32H40ClN7O3/c1-20(2)43-31(42)40-14-12-39(13-15-40)29-23-10-9-22(33)17-24(23)25(16-21-8-7-11-35-27(21)29)28(26-18-34-19-38(26)6)36-30(41)37-32(3,4)5/h7-11,16-20,28-29H,12-15H2,1-6H3,(H2,36,37,41)/t28?,29-/m0/s1. The molecule has 0 bridgehead atoms. The first kappa shape index (κ1) is 30.6. The fraction of sp³-hybridized carbons (Fsp3) is 0.438. The van der Waals surface area contributed by atoms with Crippen LogP contribution in [0.3, 0.4) is 0 Å². The maximum absolute atomic E-state index is 13.3. The number of amides is 3. The molecule has 0 spiro atoms. The second-order valence-corrected chi connectivity index (χ2v) is 12.8. The van der Waals surface area contributed by atoms with E-state index in [0.29, 0.717) is 31.2 Å². The Morgan fingerprint density at radius 2 is 1.86 bits per heavy atom. The molecule has 1 fully saturated rings. The van der Waals surface area contributed by atoms with Gasteiger partial charge in [0, 0.05) is 50.0 Å². The Morgan fingerprint density at radius 3 is 2.51 bits per heavy atom. The third-order valence-electron chi connectivity index (χ3n) is 7.56. The van der Waals surface area contributed by atoms with Crippen LogP contribution < -0.4 is 10.6 Å². The first-order valence-electron chi connectivity index (χ1n) is 14.6. The summed E-state index contributed by atoms with van der Waals surface area (Å²) in [6.45, 7) is 11.9. The average Bonchev–Trinajstić information content (AvgIpc) is 3.30. The van der Waals surface area contributed by atoms with E-state index in [4.69, 9.17) is 21.3 Å². The smallest absolute Gasteiger partial charge is 0.410 e. The van der Waals surface area contributed by atoms with Crippen LogP contribution in [-0.4, -0.2) is 74.3 Å². The van der Waals surface area contributed by atoms with Gasteiger partial charge >= 0.3 is 12.1 Å². The topological polar surface area (TPSA) is 105 Å². The molecule has 1 aliphatic heterocycles. The number of nitrogens with one attached hydrogen (secondary N) is 2. The molecule has 2 N–H and O–H groups in total. The molecule has 10 nitrogen and oxygen atoms in total. The molecule has 2 aliphatic rings. The summed E-state index contributed by atoms with van der Waals surface area (Å²) in [5.74, 6) is 0. The van der Waals surface area contributed by atoms with Gasteiger partial charge < -0.3 is 24.8 Å². The van der Waals surface area contributed by atoms with Crippen LogP contribution in [0.5, 0.6) is 0 Å². The minimum atomic E-state index is -0.540. The summed E-state index contributed by atoms with van der Waals surface area (Å²) in [6.07, 6.45) is 6.95. The number of carbonyl (C=O) groups is 2. The highest BCUT2D eigenvalue weighted by molar-refractivity contribution is 6.30. The molecule has 11 heteroatoms. The van der Waals surface area contributed by atoms with Crippen LogP contribution in [0.25, 0.3) is 11.6 Å². The predicted molar refractivity (Wildman–Crippen MR) is 168 cm³/mol.